The molecule has 1 heterocycles. The number of carbonyl (C=O) groups is 2. The van der Waals surface area contributed by atoms with Crippen molar-refractivity contribution in [2.45, 2.75) is 44.4 Å². The second-order valence-corrected chi connectivity index (χ2v) is 10.8. The van der Waals surface area contributed by atoms with E-state index < -0.39 is 0 Å². The molecule has 2 aromatic carbocycles. The van der Waals surface area contributed by atoms with Crippen LogP contribution in [0, 0.1) is 6.92 Å². The van der Waals surface area contributed by atoms with Crippen molar-refractivity contribution < 1.29 is 14.3 Å². The molecule has 0 radical (unpaired) electrons. The number of methoxy groups -OCH3 is 1. The summed E-state index contributed by atoms with van der Waals surface area (Å²) in [5.74, 6) is 0.255. The van der Waals surface area contributed by atoms with E-state index >= 15 is 0 Å². The van der Waals surface area contributed by atoms with E-state index in [1.807, 2.05) is 67.8 Å². The molecule has 0 aliphatic carbocycles. The van der Waals surface area contributed by atoms with Crippen molar-refractivity contribution >= 4 is 35.2 Å². The first-order valence-corrected chi connectivity index (χ1v) is 13.5. The van der Waals surface area contributed by atoms with Gasteiger partial charge in [-0.15, -0.1) is 11.8 Å². The highest BCUT2D eigenvalue weighted by atomic mass is 32.2. The summed E-state index contributed by atoms with van der Waals surface area (Å²) in [5, 5.41) is 10.7. The summed E-state index contributed by atoms with van der Waals surface area (Å²) in [4.78, 5) is 28.9. The average molecular weight is 524 g/mol. The number of aromatic nitrogens is 2. The number of benzene rings is 2. The Morgan fingerprint density at radius 1 is 1.08 bits per heavy atom. The summed E-state index contributed by atoms with van der Waals surface area (Å²) < 4.78 is 6.90. The molecule has 2 N–H and O–H groups in total. The molecule has 0 aliphatic rings. The lowest BCUT2D eigenvalue weighted by Crippen LogP contribution is -2.41. The first-order chi connectivity index (χ1) is 17.6. The van der Waals surface area contributed by atoms with Gasteiger partial charge in [0.1, 0.15) is 12.4 Å². The minimum Gasteiger partial charge on any atom is -0.385 e. The van der Waals surface area contributed by atoms with E-state index in [0.29, 0.717) is 31.1 Å². The van der Waals surface area contributed by atoms with Crippen molar-refractivity contribution in [3.05, 3.63) is 65.9 Å². The minimum atomic E-state index is -0.342. The van der Waals surface area contributed by atoms with Gasteiger partial charge in [-0.05, 0) is 61.6 Å². The summed E-state index contributed by atoms with van der Waals surface area (Å²) in [7, 11) is 1.61. The van der Waals surface area contributed by atoms with Gasteiger partial charge in [0.25, 0.3) is 0 Å². The Balaban J connectivity index is 1.79. The maximum atomic E-state index is 13.2. The third-order valence-corrected chi connectivity index (χ3v) is 6.47. The summed E-state index contributed by atoms with van der Waals surface area (Å²) in [6, 6.07) is 17.1. The summed E-state index contributed by atoms with van der Waals surface area (Å²) >= 11 is 1.63. The number of thioether (sulfide) groups is 1. The number of rotatable bonds is 10. The van der Waals surface area contributed by atoms with Crippen LogP contribution >= 0.6 is 11.8 Å². The molecular weight excluding hydrogens is 486 g/mol. The molecule has 9 heteroatoms. The van der Waals surface area contributed by atoms with E-state index in [4.69, 9.17) is 9.84 Å². The Labute approximate surface area is 223 Å². The van der Waals surface area contributed by atoms with E-state index in [1.54, 1.807) is 23.6 Å². The first-order valence-electron chi connectivity index (χ1n) is 12.3. The number of anilines is 2. The van der Waals surface area contributed by atoms with E-state index in [1.165, 1.54) is 4.90 Å². The van der Waals surface area contributed by atoms with Crippen LogP contribution in [0.15, 0.2) is 59.5 Å². The monoisotopic (exact) mass is 523 g/mol. The average Bonchev–Trinajstić information content (AvgIpc) is 3.28. The second kappa shape index (κ2) is 12.8. The standard InChI is InChI=1S/C28H37N5O3S/c1-20-9-7-10-22(17-20)33-25(18-24(31-33)28(2,3)4)30-26(34)19-32(15-8-16-36-5)27(35)29-21-11-13-23(37-6)14-12-21/h7,9-14,17-18H,8,15-16,19H2,1-6H3,(H,29,35)(H,30,34). The molecule has 0 unspecified atom stereocenters. The van der Waals surface area contributed by atoms with Crippen LogP contribution in [-0.2, 0) is 14.9 Å². The van der Waals surface area contributed by atoms with Crippen molar-refractivity contribution in [2.24, 2.45) is 0 Å². The Morgan fingerprint density at radius 2 is 1.81 bits per heavy atom. The molecule has 3 amide bonds. The fraction of sp³-hybridized carbons (Fsp3) is 0.393. The van der Waals surface area contributed by atoms with Crippen LogP contribution in [0.3, 0.4) is 0 Å². The van der Waals surface area contributed by atoms with Gasteiger partial charge in [0, 0.05) is 42.3 Å². The molecule has 1 aromatic heterocycles. The fourth-order valence-electron chi connectivity index (χ4n) is 3.68. The Kier molecular flexibility index (Phi) is 9.77. The molecular formula is C28H37N5O3S. The van der Waals surface area contributed by atoms with Crippen molar-refractivity contribution in [3.63, 3.8) is 0 Å². The van der Waals surface area contributed by atoms with Gasteiger partial charge in [0.05, 0.1) is 11.4 Å². The van der Waals surface area contributed by atoms with Gasteiger partial charge in [0.15, 0.2) is 0 Å². The number of nitrogens with one attached hydrogen (secondary N) is 2. The van der Waals surface area contributed by atoms with Gasteiger partial charge in [-0.25, -0.2) is 9.48 Å². The molecule has 0 saturated carbocycles. The fourth-order valence-corrected chi connectivity index (χ4v) is 4.09. The summed E-state index contributed by atoms with van der Waals surface area (Å²) in [6.07, 6.45) is 2.61. The van der Waals surface area contributed by atoms with Crippen LogP contribution in [0.25, 0.3) is 5.69 Å². The van der Waals surface area contributed by atoms with Gasteiger partial charge in [-0.2, -0.15) is 5.10 Å². The molecule has 37 heavy (non-hydrogen) atoms. The van der Waals surface area contributed by atoms with Gasteiger partial charge >= 0.3 is 6.03 Å². The van der Waals surface area contributed by atoms with Crippen LogP contribution in [0.1, 0.15) is 38.4 Å². The molecule has 0 saturated heterocycles. The topological polar surface area (TPSA) is 88.5 Å². The maximum absolute atomic E-state index is 13.2. The highest BCUT2D eigenvalue weighted by Crippen LogP contribution is 2.26. The predicted molar refractivity (Wildman–Crippen MR) is 151 cm³/mol. The van der Waals surface area contributed by atoms with E-state index in [0.717, 1.165) is 21.8 Å². The zero-order chi connectivity index (χ0) is 27.0. The zero-order valence-corrected chi connectivity index (χ0v) is 23.3. The van der Waals surface area contributed by atoms with Crippen molar-refractivity contribution in [3.8, 4) is 5.69 Å². The van der Waals surface area contributed by atoms with E-state index in [2.05, 4.69) is 31.4 Å². The molecule has 0 fully saturated rings. The smallest absolute Gasteiger partial charge is 0.322 e. The molecule has 3 aromatic rings. The molecule has 3 rings (SSSR count). The number of hydrogen-bond donors (Lipinski definition) is 2. The van der Waals surface area contributed by atoms with Crippen LogP contribution in [-0.4, -0.2) is 59.7 Å². The van der Waals surface area contributed by atoms with Crippen molar-refractivity contribution in [1.82, 2.24) is 14.7 Å². The lowest BCUT2D eigenvalue weighted by Gasteiger charge is -2.23. The number of amides is 3. The van der Waals surface area contributed by atoms with Crippen molar-refractivity contribution in [1.29, 1.82) is 0 Å². The Hall–Kier alpha value is -3.30. The summed E-state index contributed by atoms with van der Waals surface area (Å²) in [5.41, 5.74) is 3.27. The lowest BCUT2D eigenvalue weighted by molar-refractivity contribution is -0.116. The van der Waals surface area contributed by atoms with Gasteiger partial charge in [-0.1, -0.05) is 32.9 Å². The van der Waals surface area contributed by atoms with Crippen molar-refractivity contribution in [2.75, 3.05) is 43.7 Å². The van der Waals surface area contributed by atoms with Crippen LogP contribution < -0.4 is 10.6 Å². The van der Waals surface area contributed by atoms with Gasteiger partial charge < -0.3 is 20.3 Å². The number of urea groups is 1. The number of aryl methyl sites for hydroxylation is 1. The first kappa shape index (κ1) is 28.3. The third-order valence-electron chi connectivity index (χ3n) is 5.73. The largest absolute Gasteiger partial charge is 0.385 e. The lowest BCUT2D eigenvalue weighted by atomic mass is 9.92. The number of ether oxygens (including phenoxy) is 1. The Morgan fingerprint density at radius 3 is 2.43 bits per heavy atom. The molecule has 0 aliphatic heterocycles. The van der Waals surface area contributed by atoms with Crippen LogP contribution in [0.4, 0.5) is 16.3 Å². The zero-order valence-electron chi connectivity index (χ0n) is 22.5. The van der Waals surface area contributed by atoms with Crippen LogP contribution in [0.5, 0.6) is 0 Å². The van der Waals surface area contributed by atoms with Gasteiger partial charge in [-0.3, -0.25) is 4.79 Å². The van der Waals surface area contributed by atoms with E-state index in [-0.39, 0.29) is 23.9 Å². The highest BCUT2D eigenvalue weighted by Gasteiger charge is 2.23. The van der Waals surface area contributed by atoms with E-state index in [9.17, 15) is 9.59 Å². The van der Waals surface area contributed by atoms with Gasteiger partial charge in [0.2, 0.25) is 5.91 Å². The minimum absolute atomic E-state index is 0.109. The molecule has 0 bridgehead atoms. The SMILES string of the molecule is COCCCN(CC(=O)Nc1cc(C(C)(C)C)nn1-c1cccc(C)c1)C(=O)Nc1ccc(SC)cc1. The second-order valence-electron chi connectivity index (χ2n) is 9.89. The molecule has 0 spiro atoms. The quantitative estimate of drug-likeness (QED) is 0.263. The third kappa shape index (κ3) is 8.10. The molecule has 8 nitrogen and oxygen atoms in total. The number of nitrogens with zero attached hydrogens (tertiary/aromatic N) is 3. The molecule has 198 valence electrons. The maximum Gasteiger partial charge on any atom is 0.322 e. The van der Waals surface area contributed by atoms with Crippen LogP contribution in [0.2, 0.25) is 0 Å². The Bertz CT molecular complexity index is 1200. The number of carbonyl (C=O) groups excluding carboxylic acids is 2. The normalized spacial score (nSPS) is 11.3. The highest BCUT2D eigenvalue weighted by molar-refractivity contribution is 7.98. The molecule has 0 atom stereocenters. The summed E-state index contributed by atoms with van der Waals surface area (Å²) in [6.45, 7) is 9.01. The number of hydrogen-bond acceptors (Lipinski definition) is 5. The predicted octanol–water partition coefficient (Wildman–Crippen LogP) is 5.71.